The van der Waals surface area contributed by atoms with Crippen LogP contribution in [-0.2, 0) is 11.2 Å². The number of hydrogen-bond acceptors (Lipinski definition) is 2. The van der Waals surface area contributed by atoms with Gasteiger partial charge in [-0.25, -0.2) is 0 Å². The van der Waals surface area contributed by atoms with Crippen molar-refractivity contribution < 1.29 is 4.79 Å². The highest BCUT2D eigenvalue weighted by Gasteiger charge is 1.99. The third kappa shape index (κ3) is 2.90. The monoisotopic (exact) mass is 177 g/mol. The zero-order valence-electron chi connectivity index (χ0n) is 8.13. The summed E-state index contributed by atoms with van der Waals surface area (Å²) < 4.78 is 0. The summed E-state index contributed by atoms with van der Waals surface area (Å²) in [6.45, 7) is 1.89. The van der Waals surface area contributed by atoms with Gasteiger partial charge < -0.3 is 5.32 Å². The van der Waals surface area contributed by atoms with Crippen LogP contribution in [0.2, 0.25) is 0 Å². The maximum atomic E-state index is 11.1. The molecule has 0 fully saturated rings. The van der Waals surface area contributed by atoms with Crippen molar-refractivity contribution in [3.8, 4) is 0 Å². The molecule has 0 bridgehead atoms. The minimum atomic E-state index is 0.289. The van der Waals surface area contributed by atoms with E-state index in [4.69, 9.17) is 0 Å². The van der Waals surface area contributed by atoms with E-state index in [9.17, 15) is 4.79 Å². The highest BCUT2D eigenvalue weighted by Crippen LogP contribution is 2.09. The van der Waals surface area contributed by atoms with Crippen molar-refractivity contribution in [3.63, 3.8) is 0 Å². The van der Waals surface area contributed by atoms with Gasteiger partial charge in [0.25, 0.3) is 0 Å². The van der Waals surface area contributed by atoms with Crippen LogP contribution in [0, 0.1) is 0 Å². The summed E-state index contributed by atoms with van der Waals surface area (Å²) >= 11 is 0. The van der Waals surface area contributed by atoms with Crippen molar-refractivity contribution in [2.24, 2.45) is 0 Å². The second-order valence-electron chi connectivity index (χ2n) is 3.02. The number of carbonyl (C=O) groups is 1. The van der Waals surface area contributed by atoms with Gasteiger partial charge in [-0.3, -0.25) is 4.79 Å². The number of ketones is 1. The molecule has 0 aromatic heterocycles. The molecule has 0 saturated carbocycles. The summed E-state index contributed by atoms with van der Waals surface area (Å²) in [6.07, 6.45) is 1.17. The van der Waals surface area contributed by atoms with E-state index in [2.05, 4.69) is 5.32 Å². The van der Waals surface area contributed by atoms with E-state index in [1.54, 1.807) is 0 Å². The third-order valence-electron chi connectivity index (χ3n) is 2.04. The minimum Gasteiger partial charge on any atom is -0.388 e. The lowest BCUT2D eigenvalue weighted by Gasteiger charge is -2.01. The Morgan fingerprint density at radius 2 is 1.92 bits per heavy atom. The van der Waals surface area contributed by atoms with Gasteiger partial charge in [-0.05, 0) is 17.7 Å². The molecule has 0 aliphatic carbocycles. The van der Waals surface area contributed by atoms with Gasteiger partial charge in [0, 0.05) is 25.6 Å². The Labute approximate surface area is 79.0 Å². The highest BCUT2D eigenvalue weighted by atomic mass is 16.1. The van der Waals surface area contributed by atoms with Crippen molar-refractivity contribution in [3.05, 3.63) is 29.8 Å². The molecule has 0 saturated heterocycles. The number of Topliss-reactive ketones (excluding diaryl/α,β-unsaturated/α-hetero) is 1. The van der Waals surface area contributed by atoms with E-state index in [1.807, 2.05) is 38.2 Å². The zero-order chi connectivity index (χ0) is 9.68. The van der Waals surface area contributed by atoms with Gasteiger partial charge in [-0.2, -0.15) is 0 Å². The lowest BCUT2D eigenvalue weighted by molar-refractivity contribution is -0.118. The molecule has 70 valence electrons. The van der Waals surface area contributed by atoms with Gasteiger partial charge >= 0.3 is 0 Å². The van der Waals surface area contributed by atoms with Crippen LogP contribution in [0.4, 0.5) is 5.69 Å². The first-order chi connectivity index (χ1) is 6.26. The Kier molecular flexibility index (Phi) is 3.50. The molecular formula is C11H15NO. The molecule has 2 nitrogen and oxygen atoms in total. The smallest absolute Gasteiger partial charge is 0.136 e. The Hall–Kier alpha value is -1.31. The molecular weight excluding hydrogens is 162 g/mol. The van der Waals surface area contributed by atoms with Crippen molar-refractivity contribution in [2.75, 3.05) is 12.4 Å². The zero-order valence-corrected chi connectivity index (χ0v) is 8.13. The van der Waals surface area contributed by atoms with E-state index in [0.717, 1.165) is 11.3 Å². The fraction of sp³-hybridized carbons (Fsp3) is 0.364. The van der Waals surface area contributed by atoms with Crippen molar-refractivity contribution >= 4 is 11.5 Å². The first-order valence-electron chi connectivity index (χ1n) is 4.54. The minimum absolute atomic E-state index is 0.289. The SMILES string of the molecule is CCC(=O)Cc1ccc(NC)cc1. The Bertz CT molecular complexity index is 277. The lowest BCUT2D eigenvalue weighted by Crippen LogP contribution is -2.00. The lowest BCUT2D eigenvalue weighted by atomic mass is 10.1. The molecule has 0 amide bonds. The van der Waals surface area contributed by atoms with E-state index in [0.29, 0.717) is 12.8 Å². The summed E-state index contributed by atoms with van der Waals surface area (Å²) in [5, 5.41) is 3.04. The van der Waals surface area contributed by atoms with Crippen LogP contribution < -0.4 is 5.32 Å². The quantitative estimate of drug-likeness (QED) is 0.764. The average Bonchev–Trinajstić information content (AvgIpc) is 2.19. The fourth-order valence-corrected chi connectivity index (χ4v) is 1.14. The van der Waals surface area contributed by atoms with Crippen LogP contribution in [-0.4, -0.2) is 12.8 Å². The predicted octanol–water partition coefficient (Wildman–Crippen LogP) is 2.25. The largest absolute Gasteiger partial charge is 0.388 e. The standard InChI is InChI=1S/C11H15NO/c1-3-11(13)8-9-4-6-10(12-2)7-5-9/h4-7,12H,3,8H2,1-2H3. The summed E-state index contributed by atoms with van der Waals surface area (Å²) in [4.78, 5) is 11.1. The first-order valence-corrected chi connectivity index (χ1v) is 4.54. The molecule has 0 unspecified atom stereocenters. The van der Waals surface area contributed by atoms with E-state index in [-0.39, 0.29) is 5.78 Å². The number of benzene rings is 1. The van der Waals surface area contributed by atoms with Gasteiger partial charge in [0.05, 0.1) is 0 Å². The second kappa shape index (κ2) is 4.65. The first kappa shape index (κ1) is 9.78. The van der Waals surface area contributed by atoms with Crippen molar-refractivity contribution in [2.45, 2.75) is 19.8 Å². The van der Waals surface area contributed by atoms with E-state index in [1.165, 1.54) is 0 Å². The molecule has 2 heteroatoms. The molecule has 0 aliphatic heterocycles. The van der Waals surface area contributed by atoms with Crippen LogP contribution >= 0.6 is 0 Å². The van der Waals surface area contributed by atoms with Crippen LogP contribution in [0.25, 0.3) is 0 Å². The van der Waals surface area contributed by atoms with Crippen LogP contribution in [0.15, 0.2) is 24.3 Å². The Morgan fingerprint density at radius 3 is 2.38 bits per heavy atom. The Morgan fingerprint density at radius 1 is 1.31 bits per heavy atom. The van der Waals surface area contributed by atoms with E-state index >= 15 is 0 Å². The fourth-order valence-electron chi connectivity index (χ4n) is 1.14. The van der Waals surface area contributed by atoms with Gasteiger partial charge in [-0.15, -0.1) is 0 Å². The molecule has 1 rings (SSSR count). The molecule has 1 aromatic carbocycles. The molecule has 0 heterocycles. The van der Waals surface area contributed by atoms with Gasteiger partial charge in [0.15, 0.2) is 0 Å². The molecule has 0 radical (unpaired) electrons. The van der Waals surface area contributed by atoms with E-state index < -0.39 is 0 Å². The molecule has 0 spiro atoms. The second-order valence-corrected chi connectivity index (χ2v) is 3.02. The highest BCUT2D eigenvalue weighted by molar-refractivity contribution is 5.80. The van der Waals surface area contributed by atoms with Gasteiger partial charge in [0.2, 0.25) is 0 Å². The maximum Gasteiger partial charge on any atom is 0.136 e. The van der Waals surface area contributed by atoms with Gasteiger partial charge in [-0.1, -0.05) is 19.1 Å². The van der Waals surface area contributed by atoms with Crippen LogP contribution in [0.1, 0.15) is 18.9 Å². The molecule has 13 heavy (non-hydrogen) atoms. The number of anilines is 1. The number of hydrogen-bond donors (Lipinski definition) is 1. The average molecular weight is 177 g/mol. The number of carbonyl (C=O) groups excluding carboxylic acids is 1. The Balaban J connectivity index is 2.64. The molecule has 1 N–H and O–H groups in total. The van der Waals surface area contributed by atoms with Crippen LogP contribution in [0.5, 0.6) is 0 Å². The summed E-state index contributed by atoms with van der Waals surface area (Å²) in [5.41, 5.74) is 2.17. The number of nitrogens with one attached hydrogen (secondary N) is 1. The topological polar surface area (TPSA) is 29.1 Å². The van der Waals surface area contributed by atoms with Crippen molar-refractivity contribution in [1.29, 1.82) is 0 Å². The maximum absolute atomic E-state index is 11.1. The predicted molar refractivity (Wildman–Crippen MR) is 55.0 cm³/mol. The third-order valence-corrected chi connectivity index (χ3v) is 2.04. The van der Waals surface area contributed by atoms with Crippen LogP contribution in [0.3, 0.4) is 0 Å². The molecule has 1 aromatic rings. The summed E-state index contributed by atoms with van der Waals surface area (Å²) in [7, 11) is 1.88. The normalized spacial score (nSPS) is 9.69. The number of rotatable bonds is 4. The van der Waals surface area contributed by atoms with Crippen molar-refractivity contribution in [1.82, 2.24) is 0 Å². The summed E-state index contributed by atoms with van der Waals surface area (Å²) in [6, 6.07) is 7.94. The van der Waals surface area contributed by atoms with Gasteiger partial charge in [0.1, 0.15) is 5.78 Å². The molecule has 0 atom stereocenters. The molecule has 0 aliphatic rings. The summed E-state index contributed by atoms with van der Waals surface area (Å²) in [5.74, 6) is 0.289.